The van der Waals surface area contributed by atoms with E-state index in [-0.39, 0.29) is 35.0 Å². The van der Waals surface area contributed by atoms with Gasteiger partial charge in [0.05, 0.1) is 0 Å². The molecule has 6 nitrogen and oxygen atoms in total. The van der Waals surface area contributed by atoms with Crippen molar-refractivity contribution in [1.29, 1.82) is 0 Å². The Balaban J connectivity index is 0. The second-order valence-electron chi connectivity index (χ2n) is 2.13. The molecule has 7 heteroatoms. The molecule has 1 aliphatic heterocycles. The van der Waals surface area contributed by atoms with E-state index in [4.69, 9.17) is 15.3 Å². The third-order valence-electron chi connectivity index (χ3n) is 1.29. The smallest absolute Gasteiger partial charge is 0.505 e. The van der Waals surface area contributed by atoms with Crippen LogP contribution in [0.15, 0.2) is 11.5 Å². The fourth-order valence-corrected chi connectivity index (χ4v) is 0.727. The van der Waals surface area contributed by atoms with Crippen LogP contribution in [0.25, 0.3) is 0 Å². The van der Waals surface area contributed by atoms with Gasteiger partial charge in [-0.2, -0.15) is 0 Å². The zero-order chi connectivity index (χ0) is 8.59. The van der Waals surface area contributed by atoms with Gasteiger partial charge in [-0.3, -0.25) is 0 Å². The first-order chi connectivity index (χ1) is 5.04. The number of carbonyl (C=O) groups excluding carboxylic acids is 1. The third-order valence-corrected chi connectivity index (χ3v) is 1.29. The summed E-state index contributed by atoms with van der Waals surface area (Å²) in [6.07, 6.45) is -2.51. The van der Waals surface area contributed by atoms with Crippen LogP contribution in [0.1, 0.15) is 0 Å². The number of rotatable bonds is 1. The first kappa shape index (κ1) is 15.2. The number of aliphatic hydroxyl groups excluding tert-OH is 3. The van der Waals surface area contributed by atoms with Crippen molar-refractivity contribution in [1.82, 2.24) is 0 Å². The minimum Gasteiger partial charge on any atom is -0.505 e. The molecule has 13 heavy (non-hydrogen) atoms. The van der Waals surface area contributed by atoms with Crippen molar-refractivity contribution in [3.63, 3.8) is 0 Å². The number of aliphatic hydroxyl groups is 3. The van der Waals surface area contributed by atoms with Gasteiger partial charge in [-0.25, -0.2) is 4.79 Å². The predicted octanol–water partition coefficient (Wildman–Crippen LogP) is -4.48. The largest absolute Gasteiger partial charge is 1.00 e. The molecular formula is C6H10NaO6+. The van der Waals surface area contributed by atoms with Crippen LogP contribution in [0.2, 0.25) is 0 Å². The molecule has 0 amide bonds. The van der Waals surface area contributed by atoms with Crippen LogP contribution in [0.3, 0.4) is 0 Å². The summed E-state index contributed by atoms with van der Waals surface area (Å²) in [5.74, 6) is -2.58. The SMILES string of the molecule is [CH2-]C(O)C1OC(=O)C(O)=C1O.[Na+].[OH3+]. The molecule has 0 saturated heterocycles. The Bertz CT molecular complexity index is 223. The van der Waals surface area contributed by atoms with E-state index in [1.807, 2.05) is 0 Å². The number of hydrogen-bond donors (Lipinski definition) is 3. The molecule has 2 atom stereocenters. The number of ether oxygens (including phenoxy) is 1. The van der Waals surface area contributed by atoms with Crippen molar-refractivity contribution < 1.29 is 59.9 Å². The molecule has 0 fully saturated rings. The molecule has 0 aliphatic carbocycles. The van der Waals surface area contributed by atoms with E-state index in [9.17, 15) is 4.79 Å². The molecule has 0 bridgehead atoms. The quantitative estimate of drug-likeness (QED) is 0.171. The van der Waals surface area contributed by atoms with E-state index in [0.717, 1.165) is 0 Å². The molecule has 0 saturated carbocycles. The predicted molar refractivity (Wildman–Crippen MR) is 38.4 cm³/mol. The molecule has 1 aliphatic rings. The van der Waals surface area contributed by atoms with Gasteiger partial charge < -0.3 is 32.5 Å². The van der Waals surface area contributed by atoms with Crippen molar-refractivity contribution in [2.75, 3.05) is 0 Å². The molecule has 2 unspecified atom stereocenters. The summed E-state index contributed by atoms with van der Waals surface area (Å²) in [5, 5.41) is 26.3. The van der Waals surface area contributed by atoms with Gasteiger partial charge >= 0.3 is 35.5 Å². The van der Waals surface area contributed by atoms with Gasteiger partial charge in [0.1, 0.15) is 0 Å². The second kappa shape index (κ2) is 5.46. The van der Waals surface area contributed by atoms with Gasteiger partial charge in [0, 0.05) is 0 Å². The van der Waals surface area contributed by atoms with Crippen LogP contribution in [0.5, 0.6) is 0 Å². The molecule has 6 N–H and O–H groups in total. The van der Waals surface area contributed by atoms with Crippen LogP contribution in [0, 0.1) is 6.92 Å². The van der Waals surface area contributed by atoms with Crippen molar-refractivity contribution >= 4 is 5.97 Å². The van der Waals surface area contributed by atoms with E-state index >= 15 is 0 Å². The zero-order valence-corrected chi connectivity index (χ0v) is 9.10. The van der Waals surface area contributed by atoms with E-state index in [1.165, 1.54) is 0 Å². The van der Waals surface area contributed by atoms with E-state index in [1.54, 1.807) is 0 Å². The molecule has 0 spiro atoms. The topological polar surface area (TPSA) is 120 Å². The molecule has 1 rings (SSSR count). The second-order valence-corrected chi connectivity index (χ2v) is 2.13. The average Bonchev–Trinajstić information content (AvgIpc) is 2.17. The van der Waals surface area contributed by atoms with Gasteiger partial charge in [-0.1, -0.05) is 0 Å². The van der Waals surface area contributed by atoms with Gasteiger partial charge in [-0.15, -0.1) is 0 Å². The van der Waals surface area contributed by atoms with Crippen molar-refractivity contribution in [3.8, 4) is 0 Å². The van der Waals surface area contributed by atoms with E-state index in [2.05, 4.69) is 11.7 Å². The third kappa shape index (κ3) is 2.85. The Labute approximate surface area is 96.4 Å². The summed E-state index contributed by atoms with van der Waals surface area (Å²) < 4.78 is 4.32. The van der Waals surface area contributed by atoms with Crippen molar-refractivity contribution in [3.05, 3.63) is 18.4 Å². The fraction of sp³-hybridized carbons (Fsp3) is 0.333. The summed E-state index contributed by atoms with van der Waals surface area (Å²) in [6, 6.07) is 0. The minimum atomic E-state index is -1.27. The Kier molecular flexibility index (Phi) is 6.39. The first-order valence-corrected chi connectivity index (χ1v) is 2.88. The average molecular weight is 201 g/mol. The summed E-state index contributed by atoms with van der Waals surface area (Å²) >= 11 is 0. The van der Waals surface area contributed by atoms with Gasteiger partial charge in [0.2, 0.25) is 5.76 Å². The monoisotopic (exact) mass is 201 g/mol. The maximum absolute atomic E-state index is 10.5. The maximum atomic E-state index is 10.5. The zero-order valence-electron chi connectivity index (χ0n) is 7.10. The van der Waals surface area contributed by atoms with Crippen LogP contribution in [-0.2, 0) is 15.0 Å². The molecule has 0 aromatic heterocycles. The Morgan fingerprint density at radius 1 is 1.46 bits per heavy atom. The van der Waals surface area contributed by atoms with Gasteiger partial charge in [-0.05, 0) is 6.10 Å². The van der Waals surface area contributed by atoms with Crippen LogP contribution in [-0.4, -0.2) is 33.5 Å². The maximum Gasteiger partial charge on any atom is 1.00 e. The van der Waals surface area contributed by atoms with Crippen LogP contribution < -0.4 is 29.6 Å². The molecule has 1 heterocycles. The van der Waals surface area contributed by atoms with E-state index in [0.29, 0.717) is 0 Å². The summed E-state index contributed by atoms with van der Waals surface area (Å²) in [6.45, 7) is 3.11. The molecule has 0 aromatic rings. The summed E-state index contributed by atoms with van der Waals surface area (Å²) in [4.78, 5) is 10.5. The Morgan fingerprint density at radius 3 is 2.08 bits per heavy atom. The number of hydrogen-bond acceptors (Lipinski definition) is 5. The molecular weight excluding hydrogens is 191 g/mol. The van der Waals surface area contributed by atoms with Gasteiger partial charge in [0.25, 0.3) is 0 Å². The van der Waals surface area contributed by atoms with Crippen molar-refractivity contribution in [2.24, 2.45) is 0 Å². The standard InChI is InChI=1S/C6H7O5.Na.H2O/c1-2(7)5-3(8)4(9)6(10)11-5;;/h2,5,7-9H,1H2;;1H2/q-1;+1;/p+1. The number of cyclic esters (lactones) is 1. The summed E-state index contributed by atoms with van der Waals surface area (Å²) in [7, 11) is 0. The normalized spacial score (nSPS) is 22.9. The number of esters is 1. The van der Waals surface area contributed by atoms with Crippen molar-refractivity contribution in [2.45, 2.75) is 12.2 Å². The molecule has 0 radical (unpaired) electrons. The Morgan fingerprint density at radius 2 is 1.92 bits per heavy atom. The van der Waals surface area contributed by atoms with Crippen LogP contribution in [0.4, 0.5) is 0 Å². The van der Waals surface area contributed by atoms with Crippen LogP contribution >= 0.6 is 0 Å². The summed E-state index contributed by atoms with van der Waals surface area (Å²) in [5.41, 5.74) is 0. The molecule has 70 valence electrons. The minimum absolute atomic E-state index is 0. The van der Waals surface area contributed by atoms with E-state index < -0.39 is 29.7 Å². The first-order valence-electron chi connectivity index (χ1n) is 2.88. The molecule has 0 aromatic carbocycles. The van der Waals surface area contributed by atoms with Gasteiger partial charge in [0.15, 0.2) is 11.9 Å². The Hall–Kier alpha value is -0.270. The fourth-order valence-electron chi connectivity index (χ4n) is 0.727. The number of carbonyl (C=O) groups is 1.